The van der Waals surface area contributed by atoms with Gasteiger partial charge in [0.2, 0.25) is 0 Å². The maximum Gasteiger partial charge on any atom is 0.137 e. The van der Waals surface area contributed by atoms with Crippen molar-refractivity contribution in [3.63, 3.8) is 0 Å². The third-order valence-electron chi connectivity index (χ3n) is 1.53. The van der Waals surface area contributed by atoms with Crippen molar-refractivity contribution in [3.05, 3.63) is 26.7 Å². The highest BCUT2D eigenvalue weighted by atomic mass is 35.5. The van der Waals surface area contributed by atoms with E-state index < -0.39 is 0 Å². The van der Waals surface area contributed by atoms with E-state index in [1.165, 1.54) is 17.8 Å². The molecule has 0 unspecified atom stereocenters. The highest BCUT2D eigenvalue weighted by Crippen LogP contribution is 2.39. The molecule has 0 aliphatic heterocycles. The van der Waals surface area contributed by atoms with Crippen LogP contribution in [0.25, 0.3) is 0 Å². The predicted molar refractivity (Wildman–Crippen MR) is 68.4 cm³/mol. The zero-order valence-corrected chi connectivity index (χ0v) is 10.9. The molecule has 0 amide bonds. The molecule has 76 valence electrons. The Kier molecular flexibility index (Phi) is 4.34. The van der Waals surface area contributed by atoms with Crippen LogP contribution in [0.5, 0.6) is 5.75 Å². The Morgan fingerprint density at radius 1 is 1.36 bits per heavy atom. The molecule has 0 heterocycles. The van der Waals surface area contributed by atoms with E-state index in [2.05, 4.69) is 0 Å². The number of phenolic OH excluding ortho intramolecular Hbond substituents is 1. The van der Waals surface area contributed by atoms with Crippen molar-refractivity contribution in [2.45, 2.75) is 0 Å². The molecule has 0 radical (unpaired) electrons. The van der Waals surface area contributed by atoms with Gasteiger partial charge in [0.05, 0.1) is 14.2 Å². The van der Waals surface area contributed by atoms with Crippen LogP contribution in [-0.4, -0.2) is 15.6 Å². The molecular formula is C8H5Cl3OS2. The molecular weight excluding hydrogens is 283 g/mol. The summed E-state index contributed by atoms with van der Waals surface area (Å²) in [6.07, 6.45) is 1.82. The number of hydrogen-bond acceptors (Lipinski definition) is 3. The average molecular weight is 288 g/mol. The molecule has 1 nitrogen and oxygen atoms in total. The van der Waals surface area contributed by atoms with Gasteiger partial charge in [-0.3, -0.25) is 0 Å². The number of halogens is 3. The third-order valence-corrected chi connectivity index (χ3v) is 3.96. The number of thiocarbonyl (C=S) groups is 1. The molecule has 14 heavy (non-hydrogen) atoms. The maximum absolute atomic E-state index is 9.31. The summed E-state index contributed by atoms with van der Waals surface area (Å²) in [5.41, 5.74) is 0.499. The van der Waals surface area contributed by atoms with Crippen LogP contribution in [0.4, 0.5) is 0 Å². The van der Waals surface area contributed by atoms with Gasteiger partial charge in [0.15, 0.2) is 0 Å². The highest BCUT2D eigenvalue weighted by Gasteiger charge is 2.16. The second-order valence-corrected chi connectivity index (χ2v) is 5.02. The van der Waals surface area contributed by atoms with Crippen molar-refractivity contribution in [3.8, 4) is 5.75 Å². The van der Waals surface area contributed by atoms with E-state index in [4.69, 9.17) is 47.0 Å². The van der Waals surface area contributed by atoms with Crippen molar-refractivity contribution in [2.24, 2.45) is 0 Å². The van der Waals surface area contributed by atoms with Gasteiger partial charge in [-0.2, -0.15) is 0 Å². The average Bonchev–Trinajstić information content (AvgIpc) is 2.14. The van der Waals surface area contributed by atoms with Crippen LogP contribution in [-0.2, 0) is 0 Å². The van der Waals surface area contributed by atoms with Crippen molar-refractivity contribution < 1.29 is 5.11 Å². The number of aromatic hydroxyl groups is 1. The minimum Gasteiger partial charge on any atom is -0.506 e. The lowest BCUT2D eigenvalue weighted by atomic mass is 10.2. The van der Waals surface area contributed by atoms with Crippen LogP contribution in [0, 0.1) is 0 Å². The van der Waals surface area contributed by atoms with E-state index in [-0.39, 0.29) is 15.8 Å². The molecule has 0 atom stereocenters. The van der Waals surface area contributed by atoms with Crippen LogP contribution in [0.3, 0.4) is 0 Å². The van der Waals surface area contributed by atoms with Crippen LogP contribution < -0.4 is 0 Å². The quantitative estimate of drug-likeness (QED) is 0.611. The normalized spacial score (nSPS) is 10.3. The molecule has 1 N–H and O–H groups in total. The second kappa shape index (κ2) is 4.90. The number of thioether (sulfide) groups is 1. The molecule has 0 saturated carbocycles. The second-order valence-electron chi connectivity index (χ2n) is 2.37. The molecule has 0 aromatic heterocycles. The van der Waals surface area contributed by atoms with Crippen molar-refractivity contribution in [1.29, 1.82) is 0 Å². The Morgan fingerprint density at radius 2 is 1.93 bits per heavy atom. The smallest absolute Gasteiger partial charge is 0.137 e. The zero-order valence-electron chi connectivity index (χ0n) is 6.97. The third kappa shape index (κ3) is 2.28. The first kappa shape index (κ1) is 12.4. The number of benzene rings is 1. The van der Waals surface area contributed by atoms with Gasteiger partial charge < -0.3 is 5.11 Å². The van der Waals surface area contributed by atoms with Crippen LogP contribution in [0.1, 0.15) is 5.56 Å². The van der Waals surface area contributed by atoms with E-state index in [1.54, 1.807) is 0 Å². The first-order chi connectivity index (χ1) is 6.49. The predicted octanol–water partition coefficient (Wildman–Crippen LogP) is 4.39. The standard InChI is InChI=1S/C8H5Cl3OS2/c1-14-8(13)5-3(9)2-4(12)6(10)7(5)11/h2,12H,1H3. The summed E-state index contributed by atoms with van der Waals surface area (Å²) in [4.78, 5) is 0. The molecule has 1 aromatic carbocycles. The van der Waals surface area contributed by atoms with E-state index >= 15 is 0 Å². The number of rotatable bonds is 1. The Morgan fingerprint density at radius 3 is 2.43 bits per heavy atom. The minimum atomic E-state index is -0.144. The lowest BCUT2D eigenvalue weighted by Crippen LogP contribution is -1.94. The maximum atomic E-state index is 9.31. The van der Waals surface area contributed by atoms with E-state index in [1.807, 2.05) is 6.26 Å². The Balaban J connectivity index is 3.44. The fourth-order valence-corrected chi connectivity index (χ4v) is 2.51. The Bertz CT molecular complexity index is 393. The van der Waals surface area contributed by atoms with Gasteiger partial charge in [0.25, 0.3) is 0 Å². The Labute approximate surface area is 106 Å². The van der Waals surface area contributed by atoms with Crippen LogP contribution >= 0.6 is 58.8 Å². The van der Waals surface area contributed by atoms with Gasteiger partial charge in [0, 0.05) is 11.6 Å². The van der Waals surface area contributed by atoms with Gasteiger partial charge in [-0.05, 0) is 6.26 Å². The zero-order chi connectivity index (χ0) is 10.9. The summed E-state index contributed by atoms with van der Waals surface area (Å²) < 4.78 is 0.543. The summed E-state index contributed by atoms with van der Waals surface area (Å²) in [6.45, 7) is 0. The number of phenols is 1. The Hall–Kier alpha value is 0.330. The monoisotopic (exact) mass is 286 g/mol. The summed E-state index contributed by atoms with van der Waals surface area (Å²) in [7, 11) is 0. The molecule has 0 spiro atoms. The molecule has 0 saturated heterocycles. The SMILES string of the molecule is CSC(=S)c1c(Cl)cc(O)c(Cl)c1Cl. The van der Waals surface area contributed by atoms with E-state index in [0.29, 0.717) is 14.8 Å². The van der Waals surface area contributed by atoms with Gasteiger partial charge in [-0.15, -0.1) is 11.8 Å². The lowest BCUT2D eigenvalue weighted by molar-refractivity contribution is 0.475. The van der Waals surface area contributed by atoms with E-state index in [0.717, 1.165) is 0 Å². The lowest BCUT2D eigenvalue weighted by Gasteiger charge is -2.09. The van der Waals surface area contributed by atoms with Crippen LogP contribution in [0.15, 0.2) is 6.07 Å². The summed E-state index contributed by atoms with van der Waals surface area (Å²) >= 11 is 23.9. The molecule has 0 bridgehead atoms. The molecule has 0 aliphatic carbocycles. The van der Waals surface area contributed by atoms with Crippen molar-refractivity contribution in [1.82, 2.24) is 0 Å². The van der Waals surface area contributed by atoms with Gasteiger partial charge >= 0.3 is 0 Å². The molecule has 1 rings (SSSR count). The fraction of sp³-hybridized carbons (Fsp3) is 0.125. The van der Waals surface area contributed by atoms with Gasteiger partial charge in [-0.1, -0.05) is 47.0 Å². The molecule has 0 aliphatic rings. The van der Waals surface area contributed by atoms with Gasteiger partial charge in [-0.25, -0.2) is 0 Å². The largest absolute Gasteiger partial charge is 0.506 e. The highest BCUT2D eigenvalue weighted by molar-refractivity contribution is 8.23. The molecule has 1 aromatic rings. The topological polar surface area (TPSA) is 20.2 Å². The first-order valence-electron chi connectivity index (χ1n) is 3.43. The van der Waals surface area contributed by atoms with Crippen molar-refractivity contribution >= 4 is 63.0 Å². The molecule has 0 fully saturated rings. The minimum absolute atomic E-state index is 0.0717. The summed E-state index contributed by atoms with van der Waals surface area (Å²) in [6, 6.07) is 1.33. The van der Waals surface area contributed by atoms with E-state index in [9.17, 15) is 5.11 Å². The molecule has 6 heteroatoms. The van der Waals surface area contributed by atoms with Crippen molar-refractivity contribution in [2.75, 3.05) is 6.26 Å². The summed E-state index contributed by atoms with van der Waals surface area (Å²) in [5.74, 6) is -0.144. The fourth-order valence-electron chi connectivity index (χ4n) is 0.872. The first-order valence-corrected chi connectivity index (χ1v) is 6.20. The van der Waals surface area contributed by atoms with Crippen LogP contribution in [0.2, 0.25) is 15.1 Å². The van der Waals surface area contributed by atoms with Gasteiger partial charge in [0.1, 0.15) is 10.8 Å². The number of hydrogen-bond donors (Lipinski definition) is 1. The summed E-state index contributed by atoms with van der Waals surface area (Å²) in [5, 5.41) is 9.87.